The molecule has 0 saturated heterocycles. The highest BCUT2D eigenvalue weighted by Crippen LogP contribution is 2.34. The lowest BCUT2D eigenvalue weighted by atomic mass is 9.93. The minimum Gasteiger partial charge on any atom is -0.365 e. The van der Waals surface area contributed by atoms with Crippen LogP contribution in [0.3, 0.4) is 0 Å². The summed E-state index contributed by atoms with van der Waals surface area (Å²) in [4.78, 5) is 25.5. The van der Waals surface area contributed by atoms with Gasteiger partial charge in [0.1, 0.15) is 11.3 Å². The molecule has 136 valence electrons. The Morgan fingerprint density at radius 2 is 2.00 bits per heavy atom. The van der Waals surface area contributed by atoms with Crippen LogP contribution in [0.1, 0.15) is 41.0 Å². The summed E-state index contributed by atoms with van der Waals surface area (Å²) in [6, 6.07) is 7.94. The van der Waals surface area contributed by atoms with Crippen molar-refractivity contribution >= 4 is 22.8 Å². The standard InChI is InChI=1S/C21H21N5O/c1-11-6-7-13-10-23-21(27)15-8-17(25-18(13)15)14-4-3-5-16-19(14)26-20(22-9-11)12(2)24-16/h3-6,8,13,25H,7,9-10H2,1-2H3,(H,22,26)(H,23,27)/b11-6+/t13-/m1/s1. The van der Waals surface area contributed by atoms with Gasteiger partial charge in [-0.25, -0.2) is 9.97 Å². The molecule has 5 rings (SSSR count). The van der Waals surface area contributed by atoms with E-state index in [1.807, 2.05) is 31.2 Å². The predicted octanol–water partition coefficient (Wildman–Crippen LogP) is 3.52. The number of carbonyl (C=O) groups is 1. The van der Waals surface area contributed by atoms with E-state index in [0.29, 0.717) is 6.54 Å². The lowest BCUT2D eigenvalue weighted by Crippen LogP contribution is -2.34. The maximum absolute atomic E-state index is 12.4. The number of aryl methyl sites for hydroxylation is 1. The summed E-state index contributed by atoms with van der Waals surface area (Å²) < 4.78 is 0. The highest BCUT2D eigenvalue weighted by Gasteiger charge is 2.28. The molecule has 2 aromatic heterocycles. The van der Waals surface area contributed by atoms with Gasteiger partial charge in [0.25, 0.3) is 5.91 Å². The quantitative estimate of drug-likeness (QED) is 0.536. The number of para-hydroxylation sites is 1. The number of anilines is 1. The Morgan fingerprint density at radius 1 is 1.11 bits per heavy atom. The number of hydrogen-bond acceptors (Lipinski definition) is 4. The largest absolute Gasteiger partial charge is 0.365 e. The van der Waals surface area contributed by atoms with Crippen LogP contribution in [0.2, 0.25) is 0 Å². The maximum Gasteiger partial charge on any atom is 0.253 e. The van der Waals surface area contributed by atoms with Crippen molar-refractivity contribution in [1.82, 2.24) is 20.3 Å². The smallest absolute Gasteiger partial charge is 0.253 e. The number of aromatic amines is 1. The number of fused-ring (bicyclic) bond motifs is 3. The molecule has 3 N–H and O–H groups in total. The Kier molecular flexibility index (Phi) is 3.53. The van der Waals surface area contributed by atoms with Crippen molar-refractivity contribution in [3.8, 4) is 11.3 Å². The second-order valence-electron chi connectivity index (χ2n) is 7.39. The van der Waals surface area contributed by atoms with E-state index in [1.165, 1.54) is 5.57 Å². The summed E-state index contributed by atoms with van der Waals surface area (Å²) >= 11 is 0. The summed E-state index contributed by atoms with van der Waals surface area (Å²) in [7, 11) is 0. The van der Waals surface area contributed by atoms with E-state index in [1.54, 1.807) is 0 Å². The minimum absolute atomic E-state index is 0.0129. The van der Waals surface area contributed by atoms with Gasteiger partial charge in [0, 0.05) is 36.0 Å². The van der Waals surface area contributed by atoms with Crippen molar-refractivity contribution < 1.29 is 4.79 Å². The second kappa shape index (κ2) is 5.94. The molecule has 1 atom stereocenters. The van der Waals surface area contributed by atoms with E-state index < -0.39 is 0 Å². The first-order chi connectivity index (χ1) is 13.1. The van der Waals surface area contributed by atoms with Crippen LogP contribution in [0, 0.1) is 6.92 Å². The van der Waals surface area contributed by atoms with Crippen LogP contribution in [0.5, 0.6) is 0 Å². The summed E-state index contributed by atoms with van der Waals surface area (Å²) in [6.45, 7) is 5.47. The van der Waals surface area contributed by atoms with Gasteiger partial charge in [0.2, 0.25) is 0 Å². The van der Waals surface area contributed by atoms with Gasteiger partial charge in [0.05, 0.1) is 16.8 Å². The van der Waals surface area contributed by atoms with E-state index in [2.05, 4.69) is 28.6 Å². The number of carbonyl (C=O) groups excluding carboxylic acids is 1. The second-order valence-corrected chi connectivity index (χ2v) is 7.39. The number of H-pyrrole nitrogens is 1. The first kappa shape index (κ1) is 16.1. The minimum atomic E-state index is -0.0129. The van der Waals surface area contributed by atoms with Gasteiger partial charge in [-0.3, -0.25) is 4.79 Å². The third kappa shape index (κ3) is 2.60. The number of nitrogens with zero attached hydrogens (tertiary/aromatic N) is 2. The molecule has 2 aliphatic heterocycles. The number of aromatic nitrogens is 3. The molecule has 0 unspecified atom stereocenters. The van der Waals surface area contributed by atoms with Crippen molar-refractivity contribution in [2.45, 2.75) is 26.2 Å². The van der Waals surface area contributed by atoms with Gasteiger partial charge < -0.3 is 15.6 Å². The van der Waals surface area contributed by atoms with Crippen molar-refractivity contribution in [3.05, 3.63) is 52.9 Å². The van der Waals surface area contributed by atoms with Gasteiger partial charge in [-0.15, -0.1) is 0 Å². The molecule has 1 aromatic carbocycles. The summed E-state index contributed by atoms with van der Waals surface area (Å²) in [5.74, 6) is 1.04. The van der Waals surface area contributed by atoms with Gasteiger partial charge in [-0.05, 0) is 32.4 Å². The predicted molar refractivity (Wildman–Crippen MR) is 106 cm³/mol. The van der Waals surface area contributed by atoms with Gasteiger partial charge in [0.15, 0.2) is 0 Å². The Labute approximate surface area is 157 Å². The van der Waals surface area contributed by atoms with Crippen LogP contribution in [0.15, 0.2) is 35.9 Å². The molecule has 6 nitrogen and oxygen atoms in total. The third-order valence-corrected chi connectivity index (χ3v) is 5.45. The van der Waals surface area contributed by atoms with Crippen LogP contribution in [-0.4, -0.2) is 33.9 Å². The van der Waals surface area contributed by atoms with Crippen molar-refractivity contribution in [3.63, 3.8) is 0 Å². The van der Waals surface area contributed by atoms with E-state index in [9.17, 15) is 4.79 Å². The van der Waals surface area contributed by atoms with Gasteiger partial charge in [-0.1, -0.05) is 23.8 Å². The molecule has 6 heteroatoms. The Morgan fingerprint density at radius 3 is 2.89 bits per heavy atom. The zero-order valence-electron chi connectivity index (χ0n) is 15.4. The molecule has 1 amide bonds. The summed E-state index contributed by atoms with van der Waals surface area (Å²) in [5.41, 5.74) is 7.45. The monoisotopic (exact) mass is 359 g/mol. The maximum atomic E-state index is 12.4. The summed E-state index contributed by atoms with van der Waals surface area (Å²) in [5, 5.41) is 6.45. The van der Waals surface area contributed by atoms with Gasteiger partial charge >= 0.3 is 0 Å². The Bertz CT molecular complexity index is 1110. The molecule has 0 aliphatic carbocycles. The zero-order chi connectivity index (χ0) is 18.5. The fraction of sp³-hybridized carbons (Fsp3) is 0.286. The fourth-order valence-corrected chi connectivity index (χ4v) is 3.93. The highest BCUT2D eigenvalue weighted by molar-refractivity contribution is 6.00. The van der Waals surface area contributed by atoms with Crippen LogP contribution in [0.25, 0.3) is 22.3 Å². The van der Waals surface area contributed by atoms with Crippen LogP contribution in [0.4, 0.5) is 5.82 Å². The molecule has 4 heterocycles. The molecule has 2 aliphatic rings. The number of hydrogen-bond donors (Lipinski definition) is 3. The first-order valence-electron chi connectivity index (χ1n) is 9.28. The highest BCUT2D eigenvalue weighted by atomic mass is 16.1. The van der Waals surface area contributed by atoms with Crippen LogP contribution < -0.4 is 10.6 Å². The van der Waals surface area contributed by atoms with E-state index in [0.717, 1.165) is 58.0 Å². The number of rotatable bonds is 0. The SMILES string of the molecule is C/C1=C\C[C@@H]2CNC(=O)c3cc([nH]c32)-c2cccc3nc(C)c(nc23)NC1. The average Bonchev–Trinajstić information content (AvgIpc) is 3.11. The van der Waals surface area contributed by atoms with E-state index in [-0.39, 0.29) is 11.8 Å². The lowest BCUT2D eigenvalue weighted by molar-refractivity contribution is 0.0940. The van der Waals surface area contributed by atoms with Crippen LogP contribution >= 0.6 is 0 Å². The lowest BCUT2D eigenvalue weighted by Gasteiger charge is -2.22. The number of nitrogens with one attached hydrogen (secondary N) is 3. The topological polar surface area (TPSA) is 82.7 Å². The molecule has 27 heavy (non-hydrogen) atoms. The molecule has 0 spiro atoms. The molecule has 4 bridgehead atoms. The molecular formula is C21H21N5O. The first-order valence-corrected chi connectivity index (χ1v) is 9.28. The Balaban J connectivity index is 1.79. The van der Waals surface area contributed by atoms with Crippen molar-refractivity contribution in [2.24, 2.45) is 0 Å². The fourth-order valence-electron chi connectivity index (χ4n) is 3.93. The third-order valence-electron chi connectivity index (χ3n) is 5.45. The van der Waals surface area contributed by atoms with Gasteiger partial charge in [-0.2, -0.15) is 0 Å². The van der Waals surface area contributed by atoms with E-state index >= 15 is 0 Å². The number of benzene rings is 1. The molecular weight excluding hydrogens is 338 g/mol. The normalized spacial score (nSPS) is 20.7. The van der Waals surface area contributed by atoms with E-state index in [4.69, 9.17) is 9.97 Å². The molecule has 0 radical (unpaired) electrons. The number of amides is 1. The Hall–Kier alpha value is -3.15. The average molecular weight is 359 g/mol. The van der Waals surface area contributed by atoms with Crippen LogP contribution in [-0.2, 0) is 0 Å². The molecule has 3 aromatic rings. The zero-order valence-corrected chi connectivity index (χ0v) is 15.4. The molecule has 0 saturated carbocycles. The summed E-state index contributed by atoms with van der Waals surface area (Å²) in [6.07, 6.45) is 3.12. The van der Waals surface area contributed by atoms with Crippen molar-refractivity contribution in [1.29, 1.82) is 0 Å². The number of allylic oxidation sites excluding steroid dienone is 1. The van der Waals surface area contributed by atoms with Crippen molar-refractivity contribution in [2.75, 3.05) is 18.4 Å². The molecule has 0 fully saturated rings.